The van der Waals surface area contributed by atoms with Gasteiger partial charge in [-0.2, -0.15) is 0 Å². The Morgan fingerprint density at radius 1 is 1.60 bits per heavy atom. The van der Waals surface area contributed by atoms with E-state index in [-0.39, 0.29) is 0 Å². The van der Waals surface area contributed by atoms with Crippen LogP contribution in [0, 0.1) is 0 Å². The fraction of sp³-hybridized carbons (Fsp3) is 0.556. The molecule has 0 aliphatic heterocycles. The van der Waals surface area contributed by atoms with E-state index in [2.05, 4.69) is 38.7 Å². The minimum Gasteiger partial charge on any atom is -0.307 e. The van der Waals surface area contributed by atoms with Crippen molar-refractivity contribution < 1.29 is 0 Å². The molecule has 0 aliphatic carbocycles. The molecule has 0 aliphatic rings. The second-order valence-corrected chi connectivity index (χ2v) is 2.71. The van der Waals surface area contributed by atoms with Crippen LogP contribution in [0.5, 0.6) is 0 Å². The highest BCUT2D eigenvalue weighted by molar-refractivity contribution is 4.95. The lowest BCUT2D eigenvalue weighted by Gasteiger charge is -2.05. The van der Waals surface area contributed by atoms with Crippen LogP contribution >= 0.6 is 0 Å². The van der Waals surface area contributed by atoms with E-state index < -0.39 is 0 Å². The average molecular weight is 139 g/mol. The van der Waals surface area contributed by atoms with Gasteiger partial charge in [0.05, 0.1) is 0 Å². The summed E-state index contributed by atoms with van der Waals surface area (Å²) in [6.45, 7) is 10.9. The van der Waals surface area contributed by atoms with E-state index in [0.29, 0.717) is 6.04 Å². The second kappa shape index (κ2) is 5.24. The largest absolute Gasteiger partial charge is 0.307 e. The van der Waals surface area contributed by atoms with Crippen LogP contribution in [0.1, 0.15) is 20.8 Å². The maximum absolute atomic E-state index is 3.68. The zero-order chi connectivity index (χ0) is 7.98. The van der Waals surface area contributed by atoms with Crippen molar-refractivity contribution in [3.05, 3.63) is 24.3 Å². The molecule has 0 aromatic heterocycles. The predicted octanol–water partition coefficient (Wildman–Crippen LogP) is 2.12. The molecule has 58 valence electrons. The van der Waals surface area contributed by atoms with E-state index in [0.717, 1.165) is 6.54 Å². The van der Waals surface area contributed by atoms with Gasteiger partial charge in [0.2, 0.25) is 0 Å². The molecule has 0 aromatic rings. The molecule has 0 amide bonds. The number of nitrogens with one attached hydrogen (secondary N) is 1. The number of hydrogen-bond donors (Lipinski definition) is 1. The van der Waals surface area contributed by atoms with Gasteiger partial charge in [-0.3, -0.25) is 0 Å². The molecule has 1 nitrogen and oxygen atoms in total. The first-order valence-electron chi connectivity index (χ1n) is 3.66. The van der Waals surface area contributed by atoms with Gasteiger partial charge in [0.1, 0.15) is 0 Å². The minimum absolute atomic E-state index is 0.413. The summed E-state index contributed by atoms with van der Waals surface area (Å²) in [5.41, 5.74) is 1.35. The molecule has 0 aromatic carbocycles. The fourth-order valence-corrected chi connectivity index (χ4v) is 0.532. The Kier molecular flexibility index (Phi) is 4.95. The second-order valence-electron chi connectivity index (χ2n) is 2.71. The van der Waals surface area contributed by atoms with Crippen molar-refractivity contribution in [2.45, 2.75) is 26.8 Å². The Bertz CT molecular complexity index is 121. The predicted molar refractivity (Wildman–Crippen MR) is 47.1 cm³/mol. The standard InChI is InChI=1S/C9H17N/c1-5-9(4)10-7-6-8(2)3/h5-6,9-10H,1,7H2,2-4H3. The van der Waals surface area contributed by atoms with Crippen molar-refractivity contribution in [3.63, 3.8) is 0 Å². The summed E-state index contributed by atoms with van der Waals surface area (Å²) < 4.78 is 0. The summed E-state index contributed by atoms with van der Waals surface area (Å²) in [7, 11) is 0. The van der Waals surface area contributed by atoms with E-state index in [1.807, 2.05) is 6.08 Å². The Balaban J connectivity index is 3.36. The number of hydrogen-bond acceptors (Lipinski definition) is 1. The Morgan fingerprint density at radius 2 is 2.20 bits per heavy atom. The van der Waals surface area contributed by atoms with Gasteiger partial charge < -0.3 is 5.32 Å². The summed E-state index contributed by atoms with van der Waals surface area (Å²) in [6.07, 6.45) is 4.07. The quantitative estimate of drug-likeness (QED) is 0.588. The van der Waals surface area contributed by atoms with Gasteiger partial charge in [0.15, 0.2) is 0 Å². The Morgan fingerprint density at radius 3 is 2.60 bits per heavy atom. The molecule has 1 heteroatoms. The lowest BCUT2D eigenvalue weighted by molar-refractivity contribution is 0.685. The molecule has 1 unspecified atom stereocenters. The molecule has 0 radical (unpaired) electrons. The highest BCUT2D eigenvalue weighted by Gasteiger charge is 1.89. The molecular formula is C9H17N. The molecule has 10 heavy (non-hydrogen) atoms. The van der Waals surface area contributed by atoms with Crippen molar-refractivity contribution in [2.75, 3.05) is 6.54 Å². The highest BCUT2D eigenvalue weighted by Crippen LogP contribution is 1.87. The van der Waals surface area contributed by atoms with E-state index >= 15 is 0 Å². The molecule has 0 saturated carbocycles. The van der Waals surface area contributed by atoms with Gasteiger partial charge in [-0.25, -0.2) is 0 Å². The molecule has 1 atom stereocenters. The van der Waals surface area contributed by atoms with Crippen molar-refractivity contribution in [1.29, 1.82) is 0 Å². The molecule has 0 bridgehead atoms. The highest BCUT2D eigenvalue weighted by atomic mass is 14.9. The molecule has 0 saturated heterocycles. The molecule has 0 spiro atoms. The van der Waals surface area contributed by atoms with Crippen LogP contribution in [0.4, 0.5) is 0 Å². The summed E-state index contributed by atoms with van der Waals surface area (Å²) >= 11 is 0. The lowest BCUT2D eigenvalue weighted by Crippen LogP contribution is -2.23. The van der Waals surface area contributed by atoms with Gasteiger partial charge in [-0.1, -0.05) is 17.7 Å². The van der Waals surface area contributed by atoms with E-state index in [9.17, 15) is 0 Å². The van der Waals surface area contributed by atoms with E-state index in [1.54, 1.807) is 0 Å². The van der Waals surface area contributed by atoms with Crippen LogP contribution < -0.4 is 5.32 Å². The number of allylic oxidation sites excluding steroid dienone is 1. The van der Waals surface area contributed by atoms with Gasteiger partial charge in [-0.15, -0.1) is 6.58 Å². The zero-order valence-corrected chi connectivity index (χ0v) is 7.15. The first-order valence-corrected chi connectivity index (χ1v) is 3.66. The van der Waals surface area contributed by atoms with Crippen LogP contribution in [0.15, 0.2) is 24.3 Å². The SMILES string of the molecule is C=CC(C)NCC=C(C)C. The van der Waals surface area contributed by atoms with Crippen molar-refractivity contribution in [1.82, 2.24) is 5.32 Å². The lowest BCUT2D eigenvalue weighted by atomic mass is 10.3. The monoisotopic (exact) mass is 139 g/mol. The average Bonchev–Trinajstić information content (AvgIpc) is 1.87. The Labute approximate surface area is 63.8 Å². The summed E-state index contributed by atoms with van der Waals surface area (Å²) in [5, 5.41) is 3.27. The first kappa shape index (κ1) is 9.44. The maximum Gasteiger partial charge on any atom is 0.0222 e. The van der Waals surface area contributed by atoms with Gasteiger partial charge in [0, 0.05) is 12.6 Å². The van der Waals surface area contributed by atoms with Crippen LogP contribution in [-0.4, -0.2) is 12.6 Å². The van der Waals surface area contributed by atoms with E-state index in [4.69, 9.17) is 0 Å². The van der Waals surface area contributed by atoms with Gasteiger partial charge in [0.25, 0.3) is 0 Å². The molecule has 0 rings (SSSR count). The zero-order valence-electron chi connectivity index (χ0n) is 7.15. The van der Waals surface area contributed by atoms with Crippen LogP contribution in [0.25, 0.3) is 0 Å². The summed E-state index contributed by atoms with van der Waals surface area (Å²) in [5.74, 6) is 0. The summed E-state index contributed by atoms with van der Waals surface area (Å²) in [4.78, 5) is 0. The van der Waals surface area contributed by atoms with Gasteiger partial charge in [-0.05, 0) is 20.8 Å². The van der Waals surface area contributed by atoms with Crippen molar-refractivity contribution >= 4 is 0 Å². The molecule has 0 heterocycles. The third-order valence-electron chi connectivity index (χ3n) is 1.30. The topological polar surface area (TPSA) is 12.0 Å². The third kappa shape index (κ3) is 5.57. The first-order chi connectivity index (χ1) is 4.66. The van der Waals surface area contributed by atoms with Crippen molar-refractivity contribution in [3.8, 4) is 0 Å². The van der Waals surface area contributed by atoms with Crippen LogP contribution in [-0.2, 0) is 0 Å². The molecule has 1 N–H and O–H groups in total. The molecular weight excluding hydrogens is 122 g/mol. The minimum atomic E-state index is 0.413. The van der Waals surface area contributed by atoms with Crippen molar-refractivity contribution in [2.24, 2.45) is 0 Å². The smallest absolute Gasteiger partial charge is 0.0222 e. The normalized spacial score (nSPS) is 12.3. The Hall–Kier alpha value is -0.560. The van der Waals surface area contributed by atoms with E-state index in [1.165, 1.54) is 5.57 Å². The fourth-order valence-electron chi connectivity index (χ4n) is 0.532. The maximum atomic E-state index is 3.68. The van der Waals surface area contributed by atoms with Crippen LogP contribution in [0.3, 0.4) is 0 Å². The number of rotatable bonds is 4. The van der Waals surface area contributed by atoms with Crippen LogP contribution in [0.2, 0.25) is 0 Å². The molecule has 0 fully saturated rings. The van der Waals surface area contributed by atoms with Gasteiger partial charge >= 0.3 is 0 Å². The third-order valence-corrected chi connectivity index (χ3v) is 1.30. The summed E-state index contributed by atoms with van der Waals surface area (Å²) in [6, 6.07) is 0.413.